The first-order valence-corrected chi connectivity index (χ1v) is 5.30. The van der Waals surface area contributed by atoms with Crippen LogP contribution in [0.3, 0.4) is 0 Å². The van der Waals surface area contributed by atoms with Gasteiger partial charge in [-0.15, -0.1) is 5.10 Å². The van der Waals surface area contributed by atoms with E-state index in [-0.39, 0.29) is 0 Å². The number of nitrogens with one attached hydrogen (secondary N) is 1. The Balaban J connectivity index is 3.31. The highest BCUT2D eigenvalue weighted by Crippen LogP contribution is 2.54. The summed E-state index contributed by atoms with van der Waals surface area (Å²) in [6, 6.07) is 0. The third kappa shape index (κ3) is 2.61. The van der Waals surface area contributed by atoms with Crippen molar-refractivity contribution in [3.63, 3.8) is 0 Å². The Hall–Kier alpha value is 0.380. The first-order chi connectivity index (χ1) is 6.98. The Bertz CT molecular complexity index is 381. The number of hydrogen-bond donors (Lipinski definition) is 1. The molecule has 0 unspecified atom stereocenters. The highest BCUT2D eigenvalue weighted by molar-refractivity contribution is 6.75. The quantitative estimate of drug-likeness (QED) is 0.792. The summed E-state index contributed by atoms with van der Waals surface area (Å²) in [7, 11) is 0. The van der Waals surface area contributed by atoms with Crippen LogP contribution in [0.2, 0.25) is 0 Å². The minimum Gasteiger partial charge on any atom is -0.253 e. The van der Waals surface area contributed by atoms with Gasteiger partial charge in [0.05, 0.1) is 0 Å². The van der Waals surface area contributed by atoms with Crippen molar-refractivity contribution in [3.8, 4) is 0 Å². The van der Waals surface area contributed by atoms with Crippen LogP contribution in [0.5, 0.6) is 0 Å². The van der Waals surface area contributed by atoms with Gasteiger partial charge in [-0.25, -0.2) is 0 Å². The Morgan fingerprint density at radius 2 is 1.50 bits per heavy atom. The number of aromatic nitrogens is 3. The lowest BCUT2D eigenvalue weighted by atomic mass is 10.2. The lowest BCUT2D eigenvalue weighted by Crippen LogP contribution is -2.31. The molecule has 1 N–H and O–H groups in total. The molecule has 0 saturated heterocycles. The first kappa shape index (κ1) is 14.4. The van der Waals surface area contributed by atoms with Crippen LogP contribution in [-0.2, 0) is 10.5 Å². The van der Waals surface area contributed by atoms with E-state index in [0.29, 0.717) is 0 Å². The fourth-order valence-electron chi connectivity index (χ4n) is 0.780. The van der Waals surface area contributed by atoms with Crippen molar-refractivity contribution in [1.82, 2.24) is 15.4 Å². The summed E-state index contributed by atoms with van der Waals surface area (Å²) in [5, 5.41) is 7.60. The summed E-state index contributed by atoms with van der Waals surface area (Å²) in [6.07, 6.45) is -4.79. The maximum Gasteiger partial charge on any atom is 0.434 e. The SMILES string of the molecule is FC(F)(F)c1[nH]nnc1C(Cl)(Cl)C(Cl)(Cl)Cl. The van der Waals surface area contributed by atoms with E-state index >= 15 is 0 Å². The summed E-state index contributed by atoms with van der Waals surface area (Å²) >= 11 is 27.1. The monoisotopic (exact) mass is 335 g/mol. The number of rotatable bonds is 1. The minimum atomic E-state index is -4.79. The molecule has 1 aromatic heterocycles. The second-order valence-electron chi connectivity index (χ2n) is 2.61. The Morgan fingerprint density at radius 1 is 1.00 bits per heavy atom. The largest absolute Gasteiger partial charge is 0.434 e. The van der Waals surface area contributed by atoms with Gasteiger partial charge in [0.15, 0.2) is 5.69 Å². The minimum absolute atomic E-state index is 0.900. The van der Waals surface area contributed by atoms with Gasteiger partial charge in [0, 0.05) is 0 Å². The van der Waals surface area contributed by atoms with E-state index in [1.54, 1.807) is 5.10 Å². The highest BCUT2D eigenvalue weighted by Gasteiger charge is 2.54. The average molecular weight is 337 g/mol. The first-order valence-electron chi connectivity index (χ1n) is 3.41. The Morgan fingerprint density at radius 3 is 1.88 bits per heavy atom. The standard InChI is InChI=1S/C5HCl5F3N3/c6-3(7,5(8,9)10)1-2(4(11,12)13)15-16-14-1/h(H,14,15,16). The number of nitrogens with zero attached hydrogens (tertiary/aromatic N) is 2. The van der Waals surface area contributed by atoms with Crippen molar-refractivity contribution in [1.29, 1.82) is 0 Å². The van der Waals surface area contributed by atoms with Crippen LogP contribution in [-0.4, -0.2) is 19.2 Å². The molecule has 0 aliphatic rings. The molecule has 1 rings (SSSR count). The molecule has 0 aliphatic heterocycles. The summed E-state index contributed by atoms with van der Waals surface area (Å²) in [5.41, 5.74) is -2.27. The average Bonchev–Trinajstić information content (AvgIpc) is 2.47. The lowest BCUT2D eigenvalue weighted by molar-refractivity contribution is -0.142. The molecule has 1 heterocycles. The van der Waals surface area contributed by atoms with Crippen LogP contribution in [0.15, 0.2) is 0 Å². The van der Waals surface area contributed by atoms with E-state index in [1.165, 1.54) is 0 Å². The van der Waals surface area contributed by atoms with Gasteiger partial charge in [0.2, 0.25) is 8.13 Å². The third-order valence-electron chi connectivity index (χ3n) is 1.49. The van der Waals surface area contributed by atoms with Crippen molar-refractivity contribution in [2.75, 3.05) is 0 Å². The Labute approximate surface area is 112 Å². The van der Waals surface area contributed by atoms with E-state index < -0.39 is 25.7 Å². The molecule has 3 nitrogen and oxygen atoms in total. The Kier molecular flexibility index (Phi) is 3.83. The number of H-pyrrole nitrogens is 1. The topological polar surface area (TPSA) is 41.6 Å². The van der Waals surface area contributed by atoms with Gasteiger partial charge >= 0.3 is 6.18 Å². The maximum atomic E-state index is 12.4. The van der Waals surface area contributed by atoms with Gasteiger partial charge in [-0.3, -0.25) is 5.10 Å². The van der Waals surface area contributed by atoms with E-state index in [1.807, 2.05) is 0 Å². The van der Waals surface area contributed by atoms with Gasteiger partial charge in [0.1, 0.15) is 5.69 Å². The van der Waals surface area contributed by atoms with Crippen LogP contribution in [0.4, 0.5) is 13.2 Å². The van der Waals surface area contributed by atoms with Gasteiger partial charge in [-0.2, -0.15) is 13.2 Å². The number of halogens is 8. The summed E-state index contributed by atoms with van der Waals surface area (Å²) in [5.74, 6) is 0. The summed E-state index contributed by atoms with van der Waals surface area (Å²) in [6.45, 7) is 0. The predicted molar refractivity (Wildman–Crippen MR) is 55.1 cm³/mol. The summed E-state index contributed by atoms with van der Waals surface area (Å²) < 4.78 is 32.5. The van der Waals surface area contributed by atoms with E-state index in [4.69, 9.17) is 58.0 Å². The van der Waals surface area contributed by atoms with Gasteiger partial charge in [0.25, 0.3) is 0 Å². The third-order valence-corrected chi connectivity index (χ3v) is 3.84. The number of alkyl halides is 8. The second kappa shape index (κ2) is 4.24. The molecule has 0 amide bonds. The van der Waals surface area contributed by atoms with E-state index in [0.717, 1.165) is 0 Å². The fraction of sp³-hybridized carbons (Fsp3) is 0.600. The normalized spacial score (nSPS) is 14.2. The molecule has 0 fully saturated rings. The molecule has 0 spiro atoms. The van der Waals surface area contributed by atoms with Crippen molar-refractivity contribution < 1.29 is 13.2 Å². The molecule has 11 heteroatoms. The van der Waals surface area contributed by atoms with Crippen LogP contribution in [0.25, 0.3) is 0 Å². The zero-order valence-corrected chi connectivity index (χ0v) is 10.7. The molecule has 16 heavy (non-hydrogen) atoms. The van der Waals surface area contributed by atoms with Gasteiger partial charge < -0.3 is 0 Å². The van der Waals surface area contributed by atoms with Crippen LogP contribution < -0.4 is 0 Å². The molecule has 0 atom stereocenters. The van der Waals surface area contributed by atoms with Gasteiger partial charge in [-0.1, -0.05) is 63.2 Å². The zero-order chi connectivity index (χ0) is 12.8. The molecule has 0 aromatic carbocycles. The predicted octanol–water partition coefficient (Wildman–Crippen LogP) is 3.82. The van der Waals surface area contributed by atoms with E-state index in [9.17, 15) is 13.2 Å². The zero-order valence-electron chi connectivity index (χ0n) is 6.92. The molecule has 0 saturated carbocycles. The van der Waals surface area contributed by atoms with E-state index in [2.05, 4.69) is 10.3 Å². The summed E-state index contributed by atoms with van der Waals surface area (Å²) in [4.78, 5) is 0. The van der Waals surface area contributed by atoms with Crippen molar-refractivity contribution in [3.05, 3.63) is 11.4 Å². The second-order valence-corrected chi connectivity index (χ2v) is 6.21. The van der Waals surface area contributed by atoms with Crippen LogP contribution in [0, 0.1) is 0 Å². The molecule has 92 valence electrons. The number of hydrogen-bond acceptors (Lipinski definition) is 2. The highest BCUT2D eigenvalue weighted by atomic mass is 35.6. The van der Waals surface area contributed by atoms with Crippen LogP contribution in [0.1, 0.15) is 11.4 Å². The smallest absolute Gasteiger partial charge is 0.253 e. The molecular weight excluding hydrogens is 336 g/mol. The van der Waals surface area contributed by atoms with Crippen molar-refractivity contribution in [2.24, 2.45) is 0 Å². The van der Waals surface area contributed by atoms with Crippen molar-refractivity contribution in [2.45, 2.75) is 14.3 Å². The molecule has 1 aromatic rings. The molecular formula is C5HCl5F3N3. The van der Waals surface area contributed by atoms with Crippen LogP contribution >= 0.6 is 58.0 Å². The molecule has 0 radical (unpaired) electrons. The molecule has 0 bridgehead atoms. The molecule has 0 aliphatic carbocycles. The van der Waals surface area contributed by atoms with Gasteiger partial charge in [-0.05, 0) is 0 Å². The fourth-order valence-corrected chi connectivity index (χ4v) is 1.31. The maximum absolute atomic E-state index is 12.4. The van der Waals surface area contributed by atoms with Crippen molar-refractivity contribution >= 4 is 58.0 Å². The lowest BCUT2D eigenvalue weighted by Gasteiger charge is -2.26. The number of aromatic amines is 1.